The third-order valence-corrected chi connectivity index (χ3v) is 9.06. The molecule has 2 rings (SSSR count). The van der Waals surface area contributed by atoms with Crippen LogP contribution in [0.4, 0.5) is 0 Å². The highest BCUT2D eigenvalue weighted by Gasteiger charge is 2.17. The van der Waals surface area contributed by atoms with Crippen LogP contribution in [0.5, 0.6) is 0 Å². The first kappa shape index (κ1) is 24.4. The third-order valence-electron chi connectivity index (χ3n) is 6.48. The lowest BCUT2D eigenvalue weighted by atomic mass is 10.0. The van der Waals surface area contributed by atoms with E-state index in [9.17, 15) is 0 Å². The molecule has 0 fully saturated rings. The number of quaternary nitrogens is 1. The summed E-state index contributed by atoms with van der Waals surface area (Å²) in [7, 11) is 4.76. The van der Waals surface area contributed by atoms with Crippen molar-refractivity contribution < 1.29 is 4.48 Å². The molecule has 3 heteroatoms. The van der Waals surface area contributed by atoms with Gasteiger partial charge in [-0.25, -0.2) is 0 Å². The zero-order chi connectivity index (χ0) is 21.9. The second kappa shape index (κ2) is 9.94. The predicted molar refractivity (Wildman–Crippen MR) is 134 cm³/mol. The van der Waals surface area contributed by atoms with E-state index in [4.69, 9.17) is 0 Å². The Hall–Kier alpha value is -0.900. The smallest absolute Gasteiger partial charge is 0.0878 e. The molecule has 0 radical (unpaired) electrons. The van der Waals surface area contributed by atoms with Gasteiger partial charge in [0.05, 0.1) is 27.2 Å². The van der Waals surface area contributed by atoms with Gasteiger partial charge >= 0.3 is 0 Å². The first-order chi connectivity index (χ1) is 13.4. The molecule has 0 bridgehead atoms. The van der Waals surface area contributed by atoms with Gasteiger partial charge in [-0.2, -0.15) is 0 Å². The van der Waals surface area contributed by atoms with Crippen molar-refractivity contribution in [2.45, 2.75) is 65.2 Å². The Bertz CT molecular complexity index is 757. The van der Waals surface area contributed by atoms with Gasteiger partial charge in [-0.15, -0.1) is 23.5 Å². The van der Waals surface area contributed by atoms with Crippen molar-refractivity contribution in [2.75, 3.05) is 38.7 Å². The van der Waals surface area contributed by atoms with Gasteiger partial charge in [0.1, 0.15) is 0 Å². The fourth-order valence-corrected chi connectivity index (χ4v) is 6.79. The summed E-state index contributed by atoms with van der Waals surface area (Å²) in [5.41, 5.74) is 11.5. The lowest BCUT2D eigenvalue weighted by Crippen LogP contribution is -2.43. The summed E-state index contributed by atoms with van der Waals surface area (Å²) in [6.07, 6.45) is 0. The average molecular weight is 431 g/mol. The molecule has 29 heavy (non-hydrogen) atoms. The van der Waals surface area contributed by atoms with Crippen molar-refractivity contribution >= 4 is 23.5 Å². The SMILES string of the molecule is Cc1cc(C)c(C)c(SCC[N+](C)(C)CCSc2c(C)c(C)cc(C)c2C)c1C. The molecular formula is C26H40NS2+. The molecule has 0 unspecified atom stereocenters. The van der Waals surface area contributed by atoms with E-state index < -0.39 is 0 Å². The van der Waals surface area contributed by atoms with E-state index in [1.807, 2.05) is 23.5 Å². The Labute approximate surface area is 188 Å². The van der Waals surface area contributed by atoms with E-state index in [1.165, 1.54) is 78.9 Å². The summed E-state index contributed by atoms with van der Waals surface area (Å²) < 4.78 is 1.08. The summed E-state index contributed by atoms with van der Waals surface area (Å²) in [4.78, 5) is 3.00. The summed E-state index contributed by atoms with van der Waals surface area (Å²) in [6.45, 7) is 20.4. The van der Waals surface area contributed by atoms with E-state index in [0.29, 0.717) is 0 Å². The molecule has 0 amide bonds. The standard InChI is InChI=1S/C26H40NS2/c1-17-15-18(2)22(6)25(21(17)5)28-13-11-27(9,10)12-14-29-26-23(7)19(3)16-20(4)24(26)8/h15-16H,11-14H2,1-10H3/q+1. The molecule has 0 aromatic heterocycles. The molecule has 0 saturated heterocycles. The van der Waals surface area contributed by atoms with Crippen molar-refractivity contribution in [2.24, 2.45) is 0 Å². The normalized spacial score (nSPS) is 11.9. The fraction of sp³-hybridized carbons (Fsp3) is 0.538. The molecule has 0 saturated carbocycles. The summed E-state index contributed by atoms with van der Waals surface area (Å²) in [6, 6.07) is 4.64. The Morgan fingerprint density at radius 1 is 0.552 bits per heavy atom. The number of aryl methyl sites for hydroxylation is 4. The van der Waals surface area contributed by atoms with Gasteiger partial charge in [0.2, 0.25) is 0 Å². The van der Waals surface area contributed by atoms with Crippen LogP contribution in [0.15, 0.2) is 21.9 Å². The van der Waals surface area contributed by atoms with Crippen LogP contribution in [0.3, 0.4) is 0 Å². The van der Waals surface area contributed by atoms with Crippen LogP contribution in [0.1, 0.15) is 44.5 Å². The molecule has 0 spiro atoms. The monoisotopic (exact) mass is 430 g/mol. The summed E-state index contributed by atoms with van der Waals surface area (Å²) >= 11 is 4.09. The Morgan fingerprint density at radius 3 is 1.10 bits per heavy atom. The highest BCUT2D eigenvalue weighted by Crippen LogP contribution is 2.32. The Morgan fingerprint density at radius 2 is 0.828 bits per heavy atom. The topological polar surface area (TPSA) is 0 Å². The van der Waals surface area contributed by atoms with E-state index >= 15 is 0 Å². The molecule has 0 aliphatic rings. The van der Waals surface area contributed by atoms with Gasteiger partial charge in [0.25, 0.3) is 0 Å². The minimum absolute atomic E-state index is 1.08. The summed E-state index contributed by atoms with van der Waals surface area (Å²) in [5, 5.41) is 0. The fourth-order valence-electron chi connectivity index (χ4n) is 3.70. The van der Waals surface area contributed by atoms with E-state index in [2.05, 4.69) is 81.6 Å². The van der Waals surface area contributed by atoms with Gasteiger partial charge in [-0.05, 0) is 99.9 Å². The Kier molecular flexibility index (Phi) is 8.35. The van der Waals surface area contributed by atoms with Gasteiger partial charge in [-0.1, -0.05) is 12.1 Å². The van der Waals surface area contributed by atoms with Crippen molar-refractivity contribution in [1.29, 1.82) is 0 Å². The van der Waals surface area contributed by atoms with Crippen molar-refractivity contribution in [3.05, 3.63) is 56.6 Å². The third kappa shape index (κ3) is 6.06. The number of benzene rings is 2. The van der Waals surface area contributed by atoms with Crippen LogP contribution in [0.2, 0.25) is 0 Å². The van der Waals surface area contributed by atoms with Crippen LogP contribution in [-0.2, 0) is 0 Å². The molecule has 0 aliphatic carbocycles. The maximum absolute atomic E-state index is 2.38. The lowest BCUT2D eigenvalue weighted by molar-refractivity contribution is -0.885. The zero-order valence-electron chi connectivity index (χ0n) is 20.2. The molecule has 0 aliphatic heterocycles. The number of nitrogens with zero attached hydrogens (tertiary/aromatic N) is 1. The van der Waals surface area contributed by atoms with Crippen LogP contribution in [0.25, 0.3) is 0 Å². The predicted octanol–water partition coefficient (Wildman–Crippen LogP) is 7.11. The van der Waals surface area contributed by atoms with E-state index in [1.54, 1.807) is 0 Å². The van der Waals surface area contributed by atoms with Crippen LogP contribution >= 0.6 is 23.5 Å². The molecular weight excluding hydrogens is 390 g/mol. The highest BCUT2D eigenvalue weighted by molar-refractivity contribution is 7.99. The van der Waals surface area contributed by atoms with Crippen molar-refractivity contribution in [3.8, 4) is 0 Å². The number of hydrogen-bond donors (Lipinski definition) is 0. The Balaban J connectivity index is 1.94. The largest absolute Gasteiger partial charge is 0.327 e. The van der Waals surface area contributed by atoms with Gasteiger partial charge < -0.3 is 4.48 Å². The van der Waals surface area contributed by atoms with E-state index in [-0.39, 0.29) is 0 Å². The molecule has 0 heterocycles. The second-order valence-electron chi connectivity index (χ2n) is 9.26. The second-order valence-corrected chi connectivity index (χ2v) is 11.5. The maximum atomic E-state index is 2.38. The van der Waals surface area contributed by atoms with Crippen molar-refractivity contribution in [3.63, 3.8) is 0 Å². The quantitative estimate of drug-likeness (QED) is 0.323. The molecule has 160 valence electrons. The number of rotatable bonds is 8. The lowest BCUT2D eigenvalue weighted by Gasteiger charge is -2.30. The van der Waals surface area contributed by atoms with E-state index in [0.717, 1.165) is 4.48 Å². The minimum atomic E-state index is 1.08. The molecule has 2 aromatic rings. The zero-order valence-corrected chi connectivity index (χ0v) is 21.9. The minimum Gasteiger partial charge on any atom is -0.327 e. The molecule has 1 nitrogen and oxygen atoms in total. The van der Waals surface area contributed by atoms with Gasteiger partial charge in [-0.3, -0.25) is 0 Å². The van der Waals surface area contributed by atoms with Gasteiger partial charge in [0, 0.05) is 21.3 Å². The molecule has 0 atom stereocenters. The summed E-state index contributed by atoms with van der Waals surface area (Å²) in [5.74, 6) is 2.34. The van der Waals surface area contributed by atoms with Crippen LogP contribution in [0, 0.1) is 55.4 Å². The molecule has 2 aromatic carbocycles. The first-order valence-corrected chi connectivity index (χ1v) is 12.6. The molecule has 0 N–H and O–H groups in total. The maximum Gasteiger partial charge on any atom is 0.0878 e. The van der Waals surface area contributed by atoms with Gasteiger partial charge in [0.15, 0.2) is 0 Å². The van der Waals surface area contributed by atoms with Crippen LogP contribution < -0.4 is 0 Å². The number of thioether (sulfide) groups is 2. The highest BCUT2D eigenvalue weighted by atomic mass is 32.2. The number of hydrogen-bond acceptors (Lipinski definition) is 2. The first-order valence-electron chi connectivity index (χ1n) is 10.7. The van der Waals surface area contributed by atoms with Crippen LogP contribution in [-0.4, -0.2) is 43.2 Å². The van der Waals surface area contributed by atoms with Crippen molar-refractivity contribution in [1.82, 2.24) is 0 Å². The average Bonchev–Trinajstić information content (AvgIpc) is 2.64.